The number of aromatic nitrogens is 2. The van der Waals surface area contributed by atoms with Crippen LogP contribution >= 0.6 is 12.2 Å². The van der Waals surface area contributed by atoms with Gasteiger partial charge in [0, 0.05) is 31.2 Å². The minimum Gasteiger partial charge on any atom is -0.494 e. The van der Waals surface area contributed by atoms with E-state index in [1.165, 1.54) is 0 Å². The Morgan fingerprint density at radius 2 is 2.14 bits per heavy atom. The molecule has 1 aromatic heterocycles. The van der Waals surface area contributed by atoms with Gasteiger partial charge < -0.3 is 15.4 Å². The van der Waals surface area contributed by atoms with Crippen LogP contribution in [0.1, 0.15) is 13.3 Å². The van der Waals surface area contributed by atoms with E-state index in [-0.39, 0.29) is 0 Å². The lowest BCUT2D eigenvalue weighted by Crippen LogP contribution is -2.29. The Balaban J connectivity index is 1.66. The van der Waals surface area contributed by atoms with Crippen LogP contribution in [0, 0.1) is 0 Å². The van der Waals surface area contributed by atoms with Gasteiger partial charge in [-0.15, -0.1) is 0 Å². The molecule has 2 rings (SSSR count). The van der Waals surface area contributed by atoms with Crippen LogP contribution in [-0.4, -0.2) is 28.0 Å². The van der Waals surface area contributed by atoms with E-state index in [1.54, 1.807) is 6.20 Å². The van der Waals surface area contributed by atoms with Crippen LogP contribution < -0.4 is 15.4 Å². The van der Waals surface area contributed by atoms with Crippen molar-refractivity contribution < 1.29 is 4.74 Å². The van der Waals surface area contributed by atoms with Crippen molar-refractivity contribution in [2.75, 3.05) is 18.5 Å². The van der Waals surface area contributed by atoms with E-state index in [9.17, 15) is 0 Å². The number of ether oxygens (including phenoxy) is 1. The van der Waals surface area contributed by atoms with Crippen LogP contribution in [0.4, 0.5) is 5.69 Å². The van der Waals surface area contributed by atoms with Gasteiger partial charge in [-0.05, 0) is 55.9 Å². The summed E-state index contributed by atoms with van der Waals surface area (Å²) in [4.78, 5) is 0. The monoisotopic (exact) mass is 304 g/mol. The molecule has 6 heteroatoms. The van der Waals surface area contributed by atoms with Crippen molar-refractivity contribution in [3.8, 4) is 5.75 Å². The molecular formula is C15H20N4OS. The molecular weight excluding hydrogens is 284 g/mol. The highest BCUT2D eigenvalue weighted by Gasteiger charge is 1.98. The molecule has 0 aliphatic heterocycles. The van der Waals surface area contributed by atoms with E-state index in [1.807, 2.05) is 48.1 Å². The van der Waals surface area contributed by atoms with Crippen molar-refractivity contribution in [2.45, 2.75) is 19.9 Å². The first-order valence-electron chi connectivity index (χ1n) is 7.03. The van der Waals surface area contributed by atoms with Gasteiger partial charge in [0.2, 0.25) is 0 Å². The van der Waals surface area contributed by atoms with E-state index in [2.05, 4.69) is 15.7 Å². The molecule has 0 amide bonds. The summed E-state index contributed by atoms with van der Waals surface area (Å²) < 4.78 is 7.30. The molecule has 0 atom stereocenters. The highest BCUT2D eigenvalue weighted by atomic mass is 32.1. The molecule has 0 aliphatic rings. The van der Waals surface area contributed by atoms with Crippen molar-refractivity contribution in [3.63, 3.8) is 0 Å². The van der Waals surface area contributed by atoms with E-state index < -0.39 is 0 Å². The van der Waals surface area contributed by atoms with Crippen molar-refractivity contribution in [1.29, 1.82) is 0 Å². The number of benzene rings is 1. The summed E-state index contributed by atoms with van der Waals surface area (Å²) in [5, 5.41) is 11.1. The molecule has 0 radical (unpaired) electrons. The van der Waals surface area contributed by atoms with Crippen molar-refractivity contribution in [3.05, 3.63) is 42.7 Å². The predicted molar refractivity (Wildman–Crippen MR) is 88.7 cm³/mol. The van der Waals surface area contributed by atoms with Crippen molar-refractivity contribution >= 4 is 23.0 Å². The van der Waals surface area contributed by atoms with E-state index in [0.29, 0.717) is 11.7 Å². The molecule has 0 fully saturated rings. The van der Waals surface area contributed by atoms with Crippen LogP contribution in [-0.2, 0) is 6.54 Å². The molecule has 0 spiro atoms. The summed E-state index contributed by atoms with van der Waals surface area (Å²) in [6.45, 7) is 4.33. The molecule has 1 aromatic carbocycles. The Labute approximate surface area is 130 Å². The normalized spacial score (nSPS) is 10.1. The number of hydrogen-bond donors (Lipinski definition) is 2. The lowest BCUT2D eigenvalue weighted by Gasteiger charge is -2.11. The molecule has 2 aromatic rings. The number of nitrogens with one attached hydrogen (secondary N) is 2. The average molecular weight is 304 g/mol. The minimum absolute atomic E-state index is 0.625. The fraction of sp³-hybridized carbons (Fsp3) is 0.333. The third-order valence-electron chi connectivity index (χ3n) is 2.83. The lowest BCUT2D eigenvalue weighted by molar-refractivity contribution is 0.340. The van der Waals surface area contributed by atoms with E-state index >= 15 is 0 Å². The van der Waals surface area contributed by atoms with Crippen molar-refractivity contribution in [2.24, 2.45) is 0 Å². The number of aryl methyl sites for hydroxylation is 1. The summed E-state index contributed by atoms with van der Waals surface area (Å²) in [7, 11) is 0. The maximum Gasteiger partial charge on any atom is 0.170 e. The van der Waals surface area contributed by atoms with Gasteiger partial charge in [0.05, 0.1) is 6.61 Å². The molecule has 21 heavy (non-hydrogen) atoms. The number of rotatable bonds is 7. The zero-order valence-electron chi connectivity index (χ0n) is 12.1. The average Bonchev–Trinajstić information content (AvgIpc) is 2.99. The smallest absolute Gasteiger partial charge is 0.170 e. The fourth-order valence-electron chi connectivity index (χ4n) is 1.85. The van der Waals surface area contributed by atoms with Gasteiger partial charge in [-0.3, -0.25) is 4.68 Å². The SMILES string of the molecule is CCOc1ccc(NC(=S)NCCCn2cccn2)cc1. The van der Waals surface area contributed by atoms with Gasteiger partial charge in [0.25, 0.3) is 0 Å². The van der Waals surface area contributed by atoms with Crippen molar-refractivity contribution in [1.82, 2.24) is 15.1 Å². The molecule has 0 unspecified atom stereocenters. The molecule has 0 saturated heterocycles. The summed E-state index contributed by atoms with van der Waals surface area (Å²) in [6, 6.07) is 9.66. The van der Waals surface area contributed by atoms with Gasteiger partial charge >= 0.3 is 0 Å². The third-order valence-corrected chi connectivity index (χ3v) is 3.08. The second-order valence-corrected chi connectivity index (χ2v) is 4.87. The first kappa shape index (κ1) is 15.3. The largest absolute Gasteiger partial charge is 0.494 e. The maximum atomic E-state index is 5.40. The highest BCUT2D eigenvalue weighted by molar-refractivity contribution is 7.80. The highest BCUT2D eigenvalue weighted by Crippen LogP contribution is 2.15. The molecule has 0 saturated carbocycles. The Hall–Kier alpha value is -2.08. The summed E-state index contributed by atoms with van der Waals surface area (Å²) >= 11 is 5.26. The van der Waals surface area contributed by atoms with Gasteiger partial charge in [-0.25, -0.2) is 0 Å². The first-order chi connectivity index (χ1) is 10.3. The van der Waals surface area contributed by atoms with Gasteiger partial charge in [0.1, 0.15) is 5.75 Å². The summed E-state index contributed by atoms with van der Waals surface area (Å²) in [5.74, 6) is 0.862. The minimum atomic E-state index is 0.625. The zero-order chi connectivity index (χ0) is 14.9. The standard InChI is InChI=1S/C15H20N4OS/c1-2-20-14-7-5-13(6-8-14)18-15(21)16-9-3-11-19-12-4-10-17-19/h4-8,10,12H,2-3,9,11H2,1H3,(H2,16,18,21). The maximum absolute atomic E-state index is 5.40. The Bertz CT molecular complexity index is 539. The van der Waals surface area contributed by atoms with E-state index in [4.69, 9.17) is 17.0 Å². The Kier molecular flexibility index (Phi) is 6.02. The predicted octanol–water partition coefficient (Wildman–Crippen LogP) is 2.66. The number of thiocarbonyl (C=S) groups is 1. The molecule has 5 nitrogen and oxygen atoms in total. The number of hydrogen-bond acceptors (Lipinski definition) is 3. The molecule has 112 valence electrons. The van der Waals surface area contributed by atoms with Crippen LogP contribution in [0.15, 0.2) is 42.7 Å². The Morgan fingerprint density at radius 1 is 1.33 bits per heavy atom. The second kappa shape index (κ2) is 8.26. The van der Waals surface area contributed by atoms with E-state index in [0.717, 1.165) is 30.9 Å². The number of anilines is 1. The molecule has 2 N–H and O–H groups in total. The van der Waals surface area contributed by atoms with Gasteiger partial charge in [-0.2, -0.15) is 5.10 Å². The van der Waals surface area contributed by atoms with Gasteiger partial charge in [-0.1, -0.05) is 0 Å². The van der Waals surface area contributed by atoms with Gasteiger partial charge in [0.15, 0.2) is 5.11 Å². The van der Waals surface area contributed by atoms with Crippen LogP contribution in [0.3, 0.4) is 0 Å². The fourth-order valence-corrected chi connectivity index (χ4v) is 2.07. The summed E-state index contributed by atoms with van der Waals surface area (Å²) in [5.41, 5.74) is 0.947. The lowest BCUT2D eigenvalue weighted by atomic mass is 10.3. The van der Waals surface area contributed by atoms with Crippen LogP contribution in [0.5, 0.6) is 5.75 Å². The molecule has 0 bridgehead atoms. The quantitative estimate of drug-likeness (QED) is 0.608. The van der Waals surface area contributed by atoms with Crippen LogP contribution in [0.25, 0.3) is 0 Å². The first-order valence-corrected chi connectivity index (χ1v) is 7.44. The topological polar surface area (TPSA) is 51.1 Å². The summed E-state index contributed by atoms with van der Waals surface area (Å²) in [6.07, 6.45) is 4.70. The third kappa shape index (κ3) is 5.43. The Morgan fingerprint density at radius 3 is 2.81 bits per heavy atom. The molecule has 1 heterocycles. The molecule has 0 aliphatic carbocycles. The van der Waals surface area contributed by atoms with Crippen LogP contribution in [0.2, 0.25) is 0 Å². The number of nitrogens with zero attached hydrogens (tertiary/aromatic N) is 2. The zero-order valence-corrected chi connectivity index (χ0v) is 12.9. The second-order valence-electron chi connectivity index (χ2n) is 4.46.